The Balaban J connectivity index is 1.82. The van der Waals surface area contributed by atoms with Crippen molar-refractivity contribution < 1.29 is 4.79 Å². The predicted molar refractivity (Wildman–Crippen MR) is 87.4 cm³/mol. The lowest BCUT2D eigenvalue weighted by Gasteiger charge is -2.32. The molecule has 1 N–H and O–H groups in total. The van der Waals surface area contributed by atoms with Crippen LogP contribution in [0.5, 0.6) is 0 Å². The lowest BCUT2D eigenvalue weighted by atomic mass is 9.96. The number of likely N-dealkylation sites (tertiary alicyclic amines) is 1. The van der Waals surface area contributed by atoms with E-state index in [4.69, 9.17) is 11.6 Å². The molecule has 1 heterocycles. The van der Waals surface area contributed by atoms with Crippen molar-refractivity contribution in [2.45, 2.75) is 39.2 Å². The highest BCUT2D eigenvalue weighted by molar-refractivity contribution is 6.30. The lowest BCUT2D eigenvalue weighted by molar-refractivity contribution is -0.126. The van der Waals surface area contributed by atoms with Crippen LogP contribution in [0.3, 0.4) is 0 Å². The maximum absolute atomic E-state index is 12.2. The van der Waals surface area contributed by atoms with Gasteiger partial charge in [-0.1, -0.05) is 37.1 Å². The molecule has 0 aromatic heterocycles. The summed E-state index contributed by atoms with van der Waals surface area (Å²) >= 11 is 5.91. The van der Waals surface area contributed by atoms with Gasteiger partial charge in [0, 0.05) is 24.7 Å². The van der Waals surface area contributed by atoms with E-state index in [9.17, 15) is 4.79 Å². The second-order valence-electron chi connectivity index (χ2n) is 5.85. The summed E-state index contributed by atoms with van der Waals surface area (Å²) in [6.45, 7) is 5.78. The molecule has 0 unspecified atom stereocenters. The molecule has 0 saturated carbocycles. The van der Waals surface area contributed by atoms with Gasteiger partial charge in [0.1, 0.15) is 0 Å². The number of halogens is 1. The van der Waals surface area contributed by atoms with E-state index in [1.807, 2.05) is 12.1 Å². The number of nitrogens with zero attached hydrogens (tertiary/aromatic N) is 1. The third-order valence-corrected chi connectivity index (χ3v) is 4.28. The van der Waals surface area contributed by atoms with Crippen LogP contribution in [0.4, 0.5) is 0 Å². The largest absolute Gasteiger partial charge is 0.356 e. The van der Waals surface area contributed by atoms with Gasteiger partial charge >= 0.3 is 0 Å². The molecule has 4 heteroatoms. The van der Waals surface area contributed by atoms with Crippen molar-refractivity contribution in [1.82, 2.24) is 10.2 Å². The van der Waals surface area contributed by atoms with Gasteiger partial charge < -0.3 is 5.32 Å². The number of unbranched alkanes of at least 4 members (excludes halogenated alkanes) is 1. The van der Waals surface area contributed by atoms with E-state index in [2.05, 4.69) is 29.3 Å². The van der Waals surface area contributed by atoms with Crippen LogP contribution in [0.25, 0.3) is 0 Å². The topological polar surface area (TPSA) is 32.3 Å². The summed E-state index contributed by atoms with van der Waals surface area (Å²) in [6, 6.07) is 7.98. The minimum absolute atomic E-state index is 0.142. The lowest BCUT2D eigenvalue weighted by Crippen LogP contribution is -2.42. The van der Waals surface area contributed by atoms with Crippen LogP contribution in [0.1, 0.15) is 38.2 Å². The fourth-order valence-corrected chi connectivity index (χ4v) is 2.92. The van der Waals surface area contributed by atoms with Crippen LogP contribution in [0.15, 0.2) is 24.3 Å². The molecule has 1 aliphatic heterocycles. The monoisotopic (exact) mass is 308 g/mol. The number of carbonyl (C=O) groups excluding carboxylic acids is 1. The summed E-state index contributed by atoms with van der Waals surface area (Å²) in [5.41, 5.74) is 1.26. The molecule has 0 radical (unpaired) electrons. The van der Waals surface area contributed by atoms with E-state index in [0.29, 0.717) is 0 Å². The molecular weight excluding hydrogens is 284 g/mol. The first-order valence-electron chi connectivity index (χ1n) is 7.93. The van der Waals surface area contributed by atoms with E-state index in [1.165, 1.54) is 5.56 Å². The van der Waals surface area contributed by atoms with Crippen LogP contribution in [-0.2, 0) is 11.3 Å². The molecule has 1 saturated heterocycles. The van der Waals surface area contributed by atoms with Crippen molar-refractivity contribution in [2.75, 3.05) is 19.6 Å². The SMILES string of the molecule is CCCCNC(=O)[C@H]1CCCN(Cc2ccc(Cl)cc2)C1. The van der Waals surface area contributed by atoms with Gasteiger partial charge in [0.15, 0.2) is 0 Å². The Morgan fingerprint density at radius 3 is 2.86 bits per heavy atom. The maximum atomic E-state index is 12.2. The number of piperidine rings is 1. The van der Waals surface area contributed by atoms with Crippen molar-refractivity contribution in [2.24, 2.45) is 5.92 Å². The van der Waals surface area contributed by atoms with Crippen molar-refractivity contribution in [3.8, 4) is 0 Å². The van der Waals surface area contributed by atoms with Gasteiger partial charge in [-0.05, 0) is 43.5 Å². The van der Waals surface area contributed by atoms with Crippen LogP contribution in [0.2, 0.25) is 5.02 Å². The molecule has 1 fully saturated rings. The summed E-state index contributed by atoms with van der Waals surface area (Å²) in [6.07, 6.45) is 4.29. The van der Waals surface area contributed by atoms with Crippen molar-refractivity contribution in [1.29, 1.82) is 0 Å². The highest BCUT2D eigenvalue weighted by Crippen LogP contribution is 2.19. The number of amides is 1. The Labute approximate surface area is 132 Å². The van der Waals surface area contributed by atoms with Crippen LogP contribution in [0, 0.1) is 5.92 Å². The van der Waals surface area contributed by atoms with Gasteiger partial charge in [-0.25, -0.2) is 0 Å². The second kappa shape index (κ2) is 8.40. The first-order chi connectivity index (χ1) is 10.2. The Hall–Kier alpha value is -1.06. The summed E-state index contributed by atoms with van der Waals surface area (Å²) in [7, 11) is 0. The maximum Gasteiger partial charge on any atom is 0.224 e. The average molecular weight is 309 g/mol. The minimum Gasteiger partial charge on any atom is -0.356 e. The molecule has 0 aliphatic carbocycles. The number of hydrogen-bond donors (Lipinski definition) is 1. The second-order valence-corrected chi connectivity index (χ2v) is 6.28. The molecule has 1 aromatic carbocycles. The van der Waals surface area contributed by atoms with Gasteiger partial charge in [0.2, 0.25) is 5.91 Å². The summed E-state index contributed by atoms with van der Waals surface area (Å²) in [5.74, 6) is 0.368. The zero-order chi connectivity index (χ0) is 15.1. The number of nitrogens with one attached hydrogen (secondary N) is 1. The van der Waals surface area contributed by atoms with Crippen molar-refractivity contribution >= 4 is 17.5 Å². The van der Waals surface area contributed by atoms with E-state index in [1.54, 1.807) is 0 Å². The number of carbonyl (C=O) groups is 1. The summed E-state index contributed by atoms with van der Waals surface area (Å²) < 4.78 is 0. The third-order valence-electron chi connectivity index (χ3n) is 4.03. The zero-order valence-electron chi connectivity index (χ0n) is 12.8. The molecule has 1 aromatic rings. The van der Waals surface area contributed by atoms with Gasteiger partial charge in [0.05, 0.1) is 5.92 Å². The molecule has 0 bridgehead atoms. The molecule has 2 rings (SSSR count). The van der Waals surface area contributed by atoms with Crippen molar-refractivity contribution in [3.05, 3.63) is 34.9 Å². The quantitative estimate of drug-likeness (QED) is 0.816. The number of hydrogen-bond acceptors (Lipinski definition) is 2. The Morgan fingerprint density at radius 1 is 1.38 bits per heavy atom. The van der Waals surface area contributed by atoms with Crippen LogP contribution in [-0.4, -0.2) is 30.4 Å². The summed E-state index contributed by atoms with van der Waals surface area (Å²) in [4.78, 5) is 14.5. The van der Waals surface area contributed by atoms with Crippen LogP contribution >= 0.6 is 11.6 Å². The van der Waals surface area contributed by atoms with Crippen molar-refractivity contribution in [3.63, 3.8) is 0 Å². The standard InChI is InChI=1S/C17H25ClN2O/c1-2-3-10-19-17(21)15-5-4-11-20(13-15)12-14-6-8-16(18)9-7-14/h6-9,15H,2-5,10-13H2,1H3,(H,19,21)/t15-/m0/s1. The molecule has 0 spiro atoms. The van der Waals surface area contributed by atoms with Gasteiger partial charge in [-0.2, -0.15) is 0 Å². The van der Waals surface area contributed by atoms with Crippen LogP contribution < -0.4 is 5.32 Å². The Morgan fingerprint density at radius 2 is 2.14 bits per heavy atom. The number of benzene rings is 1. The fourth-order valence-electron chi connectivity index (χ4n) is 2.79. The molecular formula is C17H25ClN2O. The van der Waals surface area contributed by atoms with E-state index in [-0.39, 0.29) is 11.8 Å². The number of rotatable bonds is 6. The van der Waals surface area contributed by atoms with E-state index >= 15 is 0 Å². The minimum atomic E-state index is 0.142. The molecule has 3 nitrogen and oxygen atoms in total. The van der Waals surface area contributed by atoms with Gasteiger partial charge in [-0.15, -0.1) is 0 Å². The van der Waals surface area contributed by atoms with Gasteiger partial charge in [0.25, 0.3) is 0 Å². The molecule has 1 amide bonds. The van der Waals surface area contributed by atoms with Gasteiger partial charge in [-0.3, -0.25) is 9.69 Å². The Kier molecular flexibility index (Phi) is 6.52. The molecule has 1 atom stereocenters. The Bertz CT molecular complexity index is 447. The average Bonchev–Trinajstić information content (AvgIpc) is 2.50. The van der Waals surface area contributed by atoms with E-state index in [0.717, 1.165) is 56.9 Å². The molecule has 21 heavy (non-hydrogen) atoms. The highest BCUT2D eigenvalue weighted by Gasteiger charge is 2.25. The zero-order valence-corrected chi connectivity index (χ0v) is 13.5. The van der Waals surface area contributed by atoms with E-state index < -0.39 is 0 Å². The third kappa shape index (κ3) is 5.33. The first kappa shape index (κ1) is 16.3. The highest BCUT2D eigenvalue weighted by atomic mass is 35.5. The predicted octanol–water partition coefficient (Wildman–Crippen LogP) is 3.47. The smallest absolute Gasteiger partial charge is 0.224 e. The fraction of sp³-hybridized carbons (Fsp3) is 0.588. The first-order valence-corrected chi connectivity index (χ1v) is 8.31. The summed E-state index contributed by atoms with van der Waals surface area (Å²) in [5, 5.41) is 3.83. The molecule has 116 valence electrons. The normalized spacial score (nSPS) is 19.4. The molecule has 1 aliphatic rings.